The molecule has 0 unspecified atom stereocenters. The molecule has 0 amide bonds. The van der Waals surface area contributed by atoms with Crippen molar-refractivity contribution in [2.45, 2.75) is 12.3 Å². The first-order chi connectivity index (χ1) is 9.78. The molecule has 8 heteroatoms. The van der Waals surface area contributed by atoms with Gasteiger partial charge < -0.3 is 27.5 Å². The Labute approximate surface area is 132 Å². The van der Waals surface area contributed by atoms with Gasteiger partial charge in [-0.2, -0.15) is 0 Å². The molecular weight excluding hydrogens is 308 g/mol. The lowest BCUT2D eigenvalue weighted by Gasteiger charge is -2.26. The van der Waals surface area contributed by atoms with Crippen molar-refractivity contribution in [1.29, 1.82) is 0 Å². The third-order valence-corrected chi connectivity index (χ3v) is 5.99. The molecule has 0 bridgehead atoms. The van der Waals surface area contributed by atoms with Crippen LogP contribution in [0.1, 0.15) is 6.92 Å². The van der Waals surface area contributed by atoms with Crippen LogP contribution in [0.25, 0.3) is 0 Å². The van der Waals surface area contributed by atoms with E-state index in [1.54, 1.807) is 41.2 Å². The molecule has 0 saturated carbocycles. The molecule has 0 fully saturated rings. The SMILES string of the molecule is C=C(C)COCC([SiH3])(OC)OC.C=C[Si](OC)(OC)OC. The van der Waals surface area contributed by atoms with Crippen molar-refractivity contribution in [1.82, 2.24) is 0 Å². The van der Waals surface area contributed by atoms with Gasteiger partial charge in [-0.25, -0.2) is 0 Å². The molecule has 0 aromatic carbocycles. The number of hydrogen-bond acceptors (Lipinski definition) is 6. The Kier molecular flexibility index (Phi) is 13.4. The molecule has 0 aliphatic rings. The van der Waals surface area contributed by atoms with Gasteiger partial charge in [0.25, 0.3) is 0 Å². The Hall–Kier alpha value is -0.326. The molecule has 0 aromatic heterocycles. The summed E-state index contributed by atoms with van der Waals surface area (Å²) in [7, 11) is 6.23. The zero-order chi connectivity index (χ0) is 16.9. The van der Waals surface area contributed by atoms with Gasteiger partial charge in [0.15, 0.2) is 5.41 Å². The second-order valence-corrected chi connectivity index (χ2v) is 8.78. The van der Waals surface area contributed by atoms with E-state index in [1.807, 2.05) is 6.92 Å². The second kappa shape index (κ2) is 12.2. The van der Waals surface area contributed by atoms with Crippen molar-refractivity contribution in [3.63, 3.8) is 0 Å². The van der Waals surface area contributed by atoms with Gasteiger partial charge in [0, 0.05) is 35.5 Å². The summed E-state index contributed by atoms with van der Waals surface area (Å²) >= 11 is 0. The van der Waals surface area contributed by atoms with Crippen LogP contribution in [0.15, 0.2) is 24.4 Å². The summed E-state index contributed by atoms with van der Waals surface area (Å²) in [5.41, 5.74) is 2.08. The van der Waals surface area contributed by atoms with Gasteiger partial charge in [-0.3, -0.25) is 0 Å². The minimum absolute atomic E-state index is 0.471. The molecule has 6 nitrogen and oxygen atoms in total. The molecule has 0 heterocycles. The molecule has 126 valence electrons. The molecule has 0 spiro atoms. The Bertz CT molecular complexity index is 282. The summed E-state index contributed by atoms with van der Waals surface area (Å²) in [5.74, 6) is 0. The van der Waals surface area contributed by atoms with Crippen LogP contribution in [0.2, 0.25) is 0 Å². The minimum atomic E-state index is -2.43. The smallest absolute Gasteiger partial charge is 0.374 e. The zero-order valence-corrected chi connectivity index (χ0v) is 17.4. The van der Waals surface area contributed by atoms with Crippen LogP contribution in [-0.4, -0.2) is 73.2 Å². The van der Waals surface area contributed by atoms with Crippen LogP contribution in [0.5, 0.6) is 0 Å². The van der Waals surface area contributed by atoms with E-state index in [-0.39, 0.29) is 0 Å². The van der Waals surface area contributed by atoms with E-state index in [0.29, 0.717) is 13.2 Å². The Morgan fingerprint density at radius 1 is 1.10 bits per heavy atom. The molecule has 0 saturated heterocycles. The van der Waals surface area contributed by atoms with Gasteiger partial charge in [-0.15, -0.1) is 0 Å². The van der Waals surface area contributed by atoms with Gasteiger partial charge >= 0.3 is 8.80 Å². The Balaban J connectivity index is 0. The van der Waals surface area contributed by atoms with E-state index in [1.165, 1.54) is 0 Å². The van der Waals surface area contributed by atoms with Crippen LogP contribution in [0.4, 0.5) is 0 Å². The molecule has 0 aromatic rings. The van der Waals surface area contributed by atoms with Crippen molar-refractivity contribution < 1.29 is 27.5 Å². The topological polar surface area (TPSA) is 55.4 Å². The third-order valence-electron chi connectivity index (χ3n) is 2.68. The largest absolute Gasteiger partial charge is 0.528 e. The quantitative estimate of drug-likeness (QED) is 0.328. The summed E-state index contributed by atoms with van der Waals surface area (Å²) in [4.78, 5) is 0. The fourth-order valence-corrected chi connectivity index (χ4v) is 2.32. The average Bonchev–Trinajstić information content (AvgIpc) is 2.50. The third kappa shape index (κ3) is 10.1. The van der Waals surface area contributed by atoms with Crippen molar-refractivity contribution in [2.75, 3.05) is 48.8 Å². The molecule has 0 radical (unpaired) electrons. The van der Waals surface area contributed by atoms with E-state index in [4.69, 9.17) is 27.5 Å². The van der Waals surface area contributed by atoms with E-state index < -0.39 is 14.2 Å². The first-order valence-electron chi connectivity index (χ1n) is 6.40. The minimum Gasteiger partial charge on any atom is -0.374 e. The fourth-order valence-electron chi connectivity index (χ4n) is 1.11. The van der Waals surface area contributed by atoms with Crippen molar-refractivity contribution in [3.8, 4) is 0 Å². The second-order valence-electron chi connectivity index (χ2n) is 4.41. The van der Waals surface area contributed by atoms with E-state index in [2.05, 4.69) is 13.2 Å². The summed E-state index contributed by atoms with van der Waals surface area (Å²) in [5, 5.41) is 0. The molecule has 0 atom stereocenters. The molecular formula is C13H30O6Si2. The number of ether oxygens (including phenoxy) is 3. The van der Waals surface area contributed by atoms with Crippen LogP contribution in [0.3, 0.4) is 0 Å². The molecule has 0 aliphatic carbocycles. The lowest BCUT2D eigenvalue weighted by molar-refractivity contribution is -0.174. The Morgan fingerprint density at radius 2 is 1.52 bits per heavy atom. The van der Waals surface area contributed by atoms with Gasteiger partial charge in [0.05, 0.1) is 23.5 Å². The van der Waals surface area contributed by atoms with Crippen molar-refractivity contribution >= 4 is 19.0 Å². The van der Waals surface area contributed by atoms with Gasteiger partial charge in [0.1, 0.15) is 0 Å². The van der Waals surface area contributed by atoms with E-state index >= 15 is 0 Å². The standard InChI is InChI=1S/C8H18O3Si.C5H12O3Si/c1-7(2)5-11-6-8(12,9-3)10-4;1-5-9(6-2,7-3)8-4/h1,5-6H2,2-4,12H3;5H,1H2,2-4H3. The first kappa shape index (κ1) is 22.9. The molecule has 0 N–H and O–H groups in total. The van der Waals surface area contributed by atoms with Crippen LogP contribution >= 0.6 is 0 Å². The normalized spacial score (nSPS) is 11.7. The highest BCUT2D eigenvalue weighted by molar-refractivity contribution is 6.66. The summed E-state index contributed by atoms with van der Waals surface area (Å²) in [6.07, 6.45) is 0. The lowest BCUT2D eigenvalue weighted by atomic mass is 10.4. The maximum absolute atomic E-state index is 5.33. The van der Waals surface area contributed by atoms with Crippen molar-refractivity contribution in [3.05, 3.63) is 24.4 Å². The molecule has 0 rings (SSSR count). The predicted molar refractivity (Wildman–Crippen MR) is 89.3 cm³/mol. The predicted octanol–water partition coefficient (Wildman–Crippen LogP) is 0.481. The average molecular weight is 339 g/mol. The van der Waals surface area contributed by atoms with Crippen LogP contribution in [0, 0.1) is 0 Å². The summed E-state index contributed by atoms with van der Waals surface area (Å²) in [6, 6.07) is 0. The van der Waals surface area contributed by atoms with Crippen molar-refractivity contribution in [2.24, 2.45) is 0 Å². The maximum atomic E-state index is 5.33. The van der Waals surface area contributed by atoms with E-state index in [9.17, 15) is 0 Å². The molecule has 0 aliphatic heterocycles. The highest BCUT2D eigenvalue weighted by Crippen LogP contribution is 2.06. The van der Waals surface area contributed by atoms with Gasteiger partial charge in [0.2, 0.25) is 0 Å². The highest BCUT2D eigenvalue weighted by Gasteiger charge is 2.33. The number of rotatable bonds is 10. The Morgan fingerprint density at radius 3 is 1.71 bits per heavy atom. The number of methoxy groups -OCH3 is 2. The lowest BCUT2D eigenvalue weighted by Crippen LogP contribution is -2.40. The molecule has 21 heavy (non-hydrogen) atoms. The summed E-state index contributed by atoms with van der Waals surface area (Å²) in [6.45, 7) is 10.2. The monoisotopic (exact) mass is 338 g/mol. The highest BCUT2D eigenvalue weighted by atomic mass is 28.4. The van der Waals surface area contributed by atoms with Crippen LogP contribution in [-0.2, 0) is 27.5 Å². The van der Waals surface area contributed by atoms with E-state index in [0.717, 1.165) is 15.8 Å². The van der Waals surface area contributed by atoms with Gasteiger partial charge in [-0.05, 0) is 12.6 Å². The van der Waals surface area contributed by atoms with Crippen LogP contribution < -0.4 is 0 Å². The maximum Gasteiger partial charge on any atom is 0.528 e. The van der Waals surface area contributed by atoms with Gasteiger partial charge in [-0.1, -0.05) is 18.7 Å². The summed E-state index contributed by atoms with van der Waals surface area (Å²) < 4.78 is 30.5. The zero-order valence-electron chi connectivity index (χ0n) is 14.4. The fraction of sp³-hybridized carbons (Fsp3) is 0.692. The number of hydrogen-bond donors (Lipinski definition) is 0. The first-order valence-corrected chi connectivity index (χ1v) is 9.20.